The molecule has 0 N–H and O–H groups in total. The molecule has 56 valence electrons. The summed E-state index contributed by atoms with van der Waals surface area (Å²) < 4.78 is 0. The van der Waals surface area contributed by atoms with E-state index in [1.807, 2.05) is 13.8 Å². The zero-order valence-corrected chi connectivity index (χ0v) is 7.15. The van der Waals surface area contributed by atoms with Crippen molar-refractivity contribution in [2.45, 2.75) is 27.2 Å². The molecule has 1 rings (SSSR count). The second kappa shape index (κ2) is 4.80. The number of nitrogens with zero attached hydrogens (tertiary/aromatic N) is 1. The van der Waals surface area contributed by atoms with Crippen molar-refractivity contribution in [3.8, 4) is 0 Å². The van der Waals surface area contributed by atoms with Gasteiger partial charge in [-0.25, -0.2) is 0 Å². The molecule has 1 atom stereocenters. The van der Waals surface area contributed by atoms with Gasteiger partial charge in [0.25, 0.3) is 0 Å². The lowest BCUT2D eigenvalue weighted by Crippen LogP contribution is -2.12. The quantitative estimate of drug-likeness (QED) is 0.483. The van der Waals surface area contributed by atoms with Crippen molar-refractivity contribution in [3.63, 3.8) is 0 Å². The van der Waals surface area contributed by atoms with Crippen molar-refractivity contribution in [2.75, 3.05) is 20.1 Å². The first kappa shape index (κ1) is 8.96. The maximum atomic E-state index is 2.38. The van der Waals surface area contributed by atoms with Gasteiger partial charge >= 0.3 is 0 Å². The smallest absolute Gasteiger partial charge is 0.000445 e. The van der Waals surface area contributed by atoms with E-state index >= 15 is 0 Å². The lowest BCUT2D eigenvalue weighted by molar-refractivity contribution is 0.402. The van der Waals surface area contributed by atoms with Crippen LogP contribution in [0.25, 0.3) is 0 Å². The van der Waals surface area contributed by atoms with Gasteiger partial charge < -0.3 is 4.90 Å². The zero-order chi connectivity index (χ0) is 7.28. The van der Waals surface area contributed by atoms with Crippen molar-refractivity contribution < 1.29 is 0 Å². The van der Waals surface area contributed by atoms with Gasteiger partial charge in [-0.2, -0.15) is 0 Å². The summed E-state index contributed by atoms with van der Waals surface area (Å²) in [6.45, 7) is 8.92. The minimum atomic E-state index is 0.949. The molecule has 1 heteroatoms. The van der Waals surface area contributed by atoms with Crippen LogP contribution in [0, 0.1) is 5.92 Å². The van der Waals surface area contributed by atoms with Crippen molar-refractivity contribution in [1.82, 2.24) is 4.90 Å². The fourth-order valence-electron chi connectivity index (χ4n) is 1.16. The molecule has 0 bridgehead atoms. The molecule has 1 aliphatic heterocycles. The van der Waals surface area contributed by atoms with Crippen molar-refractivity contribution in [2.24, 2.45) is 5.92 Å². The first-order valence-corrected chi connectivity index (χ1v) is 3.97. The first-order valence-electron chi connectivity index (χ1n) is 3.97. The van der Waals surface area contributed by atoms with Gasteiger partial charge in [-0.3, -0.25) is 0 Å². The Labute approximate surface area is 59.1 Å². The molecule has 0 aromatic heterocycles. The van der Waals surface area contributed by atoms with E-state index < -0.39 is 0 Å². The molecule has 1 saturated heterocycles. The molecule has 0 aliphatic carbocycles. The topological polar surface area (TPSA) is 3.24 Å². The summed E-state index contributed by atoms with van der Waals surface area (Å²) in [4.78, 5) is 2.38. The monoisotopic (exact) mass is 129 g/mol. The largest absolute Gasteiger partial charge is 0.306 e. The van der Waals surface area contributed by atoms with Crippen LogP contribution >= 0.6 is 0 Å². The van der Waals surface area contributed by atoms with Crippen LogP contribution in [0.1, 0.15) is 27.2 Å². The Kier molecular flexibility index (Phi) is 4.78. The van der Waals surface area contributed by atoms with Crippen LogP contribution < -0.4 is 0 Å². The fourth-order valence-corrected chi connectivity index (χ4v) is 1.16. The maximum Gasteiger partial charge on any atom is 0.000445 e. The van der Waals surface area contributed by atoms with Gasteiger partial charge in [-0.15, -0.1) is 0 Å². The molecular formula is C8H19N. The molecule has 9 heavy (non-hydrogen) atoms. The van der Waals surface area contributed by atoms with Crippen molar-refractivity contribution >= 4 is 0 Å². The molecule has 0 saturated carbocycles. The lowest BCUT2D eigenvalue weighted by Gasteiger charge is -2.03. The van der Waals surface area contributed by atoms with Crippen LogP contribution in [0.15, 0.2) is 0 Å². The molecule has 1 nitrogen and oxygen atoms in total. The number of rotatable bonds is 0. The highest BCUT2D eigenvalue weighted by Crippen LogP contribution is 2.11. The van der Waals surface area contributed by atoms with Gasteiger partial charge in [0, 0.05) is 6.54 Å². The summed E-state index contributed by atoms with van der Waals surface area (Å²) in [5, 5.41) is 0. The van der Waals surface area contributed by atoms with Gasteiger partial charge in [-0.05, 0) is 25.9 Å². The molecule has 0 amide bonds. The Balaban J connectivity index is 0.000000291. The molecule has 1 aliphatic rings. The SMILES string of the molecule is CC.C[C@@H]1CCN(C)C1. The van der Waals surface area contributed by atoms with Crippen LogP contribution in [0.5, 0.6) is 0 Å². The van der Waals surface area contributed by atoms with E-state index in [1.54, 1.807) is 0 Å². The highest BCUT2D eigenvalue weighted by Gasteiger charge is 2.13. The van der Waals surface area contributed by atoms with E-state index in [0.717, 1.165) is 5.92 Å². The van der Waals surface area contributed by atoms with Gasteiger partial charge in [0.05, 0.1) is 0 Å². The number of hydrogen-bond donors (Lipinski definition) is 0. The summed E-state index contributed by atoms with van der Waals surface area (Å²) in [5.74, 6) is 0.949. The Hall–Kier alpha value is -0.0400. The molecule has 1 fully saturated rings. The van der Waals surface area contributed by atoms with Crippen molar-refractivity contribution in [3.05, 3.63) is 0 Å². The summed E-state index contributed by atoms with van der Waals surface area (Å²) >= 11 is 0. The second-order valence-electron chi connectivity index (χ2n) is 2.66. The normalized spacial score (nSPS) is 27.3. The van der Waals surface area contributed by atoms with Gasteiger partial charge in [0.1, 0.15) is 0 Å². The van der Waals surface area contributed by atoms with E-state index in [9.17, 15) is 0 Å². The third-order valence-corrected chi connectivity index (χ3v) is 1.63. The highest BCUT2D eigenvalue weighted by atomic mass is 15.1. The van der Waals surface area contributed by atoms with Crippen molar-refractivity contribution in [1.29, 1.82) is 0 Å². The second-order valence-corrected chi connectivity index (χ2v) is 2.66. The van der Waals surface area contributed by atoms with Gasteiger partial charge in [-0.1, -0.05) is 20.8 Å². The molecule has 0 unspecified atom stereocenters. The third-order valence-electron chi connectivity index (χ3n) is 1.63. The molecule has 0 spiro atoms. The van der Waals surface area contributed by atoms with Gasteiger partial charge in [0.15, 0.2) is 0 Å². The standard InChI is InChI=1S/C6H13N.C2H6/c1-6-3-4-7(2)5-6;1-2/h6H,3-5H2,1-2H3;1-2H3/t6-;/m1./s1. The van der Waals surface area contributed by atoms with E-state index in [-0.39, 0.29) is 0 Å². The van der Waals surface area contributed by atoms with Gasteiger partial charge in [0.2, 0.25) is 0 Å². The van der Waals surface area contributed by atoms with E-state index in [4.69, 9.17) is 0 Å². The third kappa shape index (κ3) is 3.52. The minimum absolute atomic E-state index is 0.949. The van der Waals surface area contributed by atoms with Crippen LogP contribution in [-0.4, -0.2) is 25.0 Å². The molecular weight excluding hydrogens is 110 g/mol. The van der Waals surface area contributed by atoms with E-state index in [0.29, 0.717) is 0 Å². The molecule has 1 heterocycles. The Morgan fingerprint density at radius 2 is 1.89 bits per heavy atom. The predicted molar refractivity (Wildman–Crippen MR) is 42.6 cm³/mol. The molecule has 0 aromatic carbocycles. The van der Waals surface area contributed by atoms with Crippen LogP contribution in [0.2, 0.25) is 0 Å². The first-order chi connectivity index (χ1) is 4.29. The van der Waals surface area contributed by atoms with E-state index in [1.165, 1.54) is 19.5 Å². The molecule has 0 radical (unpaired) electrons. The lowest BCUT2D eigenvalue weighted by atomic mass is 10.2. The highest BCUT2D eigenvalue weighted by molar-refractivity contribution is 4.67. The number of likely N-dealkylation sites (tertiary alicyclic amines) is 1. The van der Waals surface area contributed by atoms with Crippen LogP contribution in [0.3, 0.4) is 0 Å². The van der Waals surface area contributed by atoms with Crippen LogP contribution in [-0.2, 0) is 0 Å². The van der Waals surface area contributed by atoms with Crippen LogP contribution in [0.4, 0.5) is 0 Å². The average molecular weight is 129 g/mol. The average Bonchev–Trinajstić information content (AvgIpc) is 2.20. The summed E-state index contributed by atoms with van der Waals surface area (Å²) in [6.07, 6.45) is 1.40. The predicted octanol–water partition coefficient (Wildman–Crippen LogP) is 1.98. The summed E-state index contributed by atoms with van der Waals surface area (Å²) in [7, 11) is 2.18. The zero-order valence-electron chi connectivity index (χ0n) is 7.15. The maximum absolute atomic E-state index is 2.38. The summed E-state index contributed by atoms with van der Waals surface area (Å²) in [5.41, 5.74) is 0. The summed E-state index contributed by atoms with van der Waals surface area (Å²) in [6, 6.07) is 0. The number of hydrogen-bond acceptors (Lipinski definition) is 1. The minimum Gasteiger partial charge on any atom is -0.306 e. The van der Waals surface area contributed by atoms with E-state index in [2.05, 4.69) is 18.9 Å². The Bertz CT molecular complexity index is 53.6. The fraction of sp³-hybridized carbons (Fsp3) is 1.00. The Morgan fingerprint density at radius 3 is 2.00 bits per heavy atom. The molecule has 0 aromatic rings. The Morgan fingerprint density at radius 1 is 1.33 bits per heavy atom.